The van der Waals surface area contributed by atoms with E-state index in [0.717, 1.165) is 6.54 Å². The second kappa shape index (κ2) is 5.98. The van der Waals surface area contributed by atoms with E-state index in [9.17, 15) is 13.5 Å². The Morgan fingerprint density at radius 3 is 2.06 bits per heavy atom. The predicted octanol–water partition coefficient (Wildman–Crippen LogP) is 0.806. The fraction of sp³-hybridized carbons (Fsp3) is 1.00. The van der Waals surface area contributed by atoms with Gasteiger partial charge in [-0.1, -0.05) is 13.8 Å². The zero-order chi connectivity index (χ0) is 13.0. The topological polar surface area (TPSA) is 66.4 Å². The van der Waals surface area contributed by atoms with Crippen LogP contribution in [0.4, 0.5) is 0 Å². The molecule has 0 aliphatic rings. The van der Waals surface area contributed by atoms with E-state index in [2.05, 4.69) is 19.2 Å². The van der Waals surface area contributed by atoms with Gasteiger partial charge in [0.25, 0.3) is 0 Å². The molecule has 0 aliphatic heterocycles. The molecule has 1 unspecified atom stereocenters. The van der Waals surface area contributed by atoms with Crippen molar-refractivity contribution >= 4 is 9.84 Å². The number of aliphatic hydroxyl groups excluding tert-OH is 1. The molecule has 0 saturated carbocycles. The predicted molar refractivity (Wildman–Crippen MR) is 67.3 cm³/mol. The van der Waals surface area contributed by atoms with Crippen molar-refractivity contribution in [3.05, 3.63) is 0 Å². The monoisotopic (exact) mass is 251 g/mol. The van der Waals surface area contributed by atoms with Gasteiger partial charge in [0.05, 0.1) is 16.6 Å². The van der Waals surface area contributed by atoms with E-state index in [4.69, 9.17) is 0 Å². The summed E-state index contributed by atoms with van der Waals surface area (Å²) >= 11 is 0. The lowest BCUT2D eigenvalue weighted by molar-refractivity contribution is 0.191. The van der Waals surface area contributed by atoms with Crippen LogP contribution in [0.5, 0.6) is 0 Å². The number of hydrogen-bond acceptors (Lipinski definition) is 4. The number of hydrogen-bond donors (Lipinski definition) is 2. The van der Waals surface area contributed by atoms with Crippen LogP contribution in [0.15, 0.2) is 0 Å². The van der Waals surface area contributed by atoms with Crippen LogP contribution in [0.3, 0.4) is 0 Å². The van der Waals surface area contributed by atoms with Crippen molar-refractivity contribution in [2.45, 2.75) is 45.5 Å². The first-order chi connectivity index (χ1) is 7.06. The summed E-state index contributed by atoms with van der Waals surface area (Å²) in [4.78, 5) is 0. The lowest BCUT2D eigenvalue weighted by Gasteiger charge is -2.21. The van der Waals surface area contributed by atoms with E-state index in [-0.39, 0.29) is 5.75 Å². The van der Waals surface area contributed by atoms with Gasteiger partial charge >= 0.3 is 0 Å². The van der Waals surface area contributed by atoms with Gasteiger partial charge in [-0.2, -0.15) is 0 Å². The van der Waals surface area contributed by atoms with Crippen LogP contribution in [0.1, 0.15) is 34.6 Å². The quantitative estimate of drug-likeness (QED) is 0.733. The summed E-state index contributed by atoms with van der Waals surface area (Å²) in [6.07, 6.45) is -0.831. The van der Waals surface area contributed by atoms with Gasteiger partial charge in [0.15, 0.2) is 9.84 Å². The summed E-state index contributed by atoms with van der Waals surface area (Å²) in [5.74, 6) is 0.313. The summed E-state index contributed by atoms with van der Waals surface area (Å²) in [6.45, 7) is 10.2. The van der Waals surface area contributed by atoms with Gasteiger partial charge in [0.2, 0.25) is 0 Å². The second-order valence-electron chi connectivity index (χ2n) is 5.60. The Labute approximate surface area is 99.4 Å². The molecule has 0 fully saturated rings. The minimum atomic E-state index is -3.24. The van der Waals surface area contributed by atoms with Crippen molar-refractivity contribution in [2.24, 2.45) is 5.92 Å². The van der Waals surface area contributed by atoms with Gasteiger partial charge in [-0.05, 0) is 33.2 Å². The summed E-state index contributed by atoms with van der Waals surface area (Å²) in [5.41, 5.74) is 0. The van der Waals surface area contributed by atoms with Crippen molar-refractivity contribution in [3.63, 3.8) is 0 Å². The lowest BCUT2D eigenvalue weighted by Crippen LogP contribution is -2.39. The Balaban J connectivity index is 4.11. The van der Waals surface area contributed by atoms with E-state index < -0.39 is 20.7 Å². The molecule has 0 radical (unpaired) electrons. The van der Waals surface area contributed by atoms with Gasteiger partial charge in [0.1, 0.15) is 0 Å². The average molecular weight is 251 g/mol. The maximum absolute atomic E-state index is 11.8. The van der Waals surface area contributed by atoms with Gasteiger partial charge in [0, 0.05) is 6.54 Å². The highest BCUT2D eigenvalue weighted by atomic mass is 32.2. The third kappa shape index (κ3) is 5.82. The molecule has 2 N–H and O–H groups in total. The minimum Gasteiger partial charge on any atom is -0.391 e. The highest BCUT2D eigenvalue weighted by molar-refractivity contribution is 7.92. The normalized spacial score (nSPS) is 15.4. The van der Waals surface area contributed by atoms with Crippen molar-refractivity contribution in [1.82, 2.24) is 5.32 Å². The molecule has 5 heteroatoms. The molecule has 1 atom stereocenters. The highest BCUT2D eigenvalue weighted by Gasteiger charge is 2.30. The first-order valence-electron chi connectivity index (χ1n) is 5.67. The maximum atomic E-state index is 11.8. The SMILES string of the molecule is CC(C)CNCC(O)CS(=O)(=O)C(C)(C)C. The lowest BCUT2D eigenvalue weighted by atomic mass is 10.2. The molecule has 0 amide bonds. The van der Waals surface area contributed by atoms with Gasteiger partial charge in [-0.3, -0.25) is 0 Å². The molecule has 0 bridgehead atoms. The van der Waals surface area contributed by atoms with Gasteiger partial charge < -0.3 is 10.4 Å². The first kappa shape index (κ1) is 15.9. The molecule has 0 aromatic heterocycles. The van der Waals surface area contributed by atoms with E-state index >= 15 is 0 Å². The molecule has 16 heavy (non-hydrogen) atoms. The molecule has 0 spiro atoms. The molecule has 0 saturated heterocycles. The van der Waals surface area contributed by atoms with E-state index in [1.54, 1.807) is 20.8 Å². The molecule has 0 rings (SSSR count). The zero-order valence-corrected chi connectivity index (χ0v) is 11.8. The Morgan fingerprint density at radius 1 is 1.19 bits per heavy atom. The van der Waals surface area contributed by atoms with Crippen molar-refractivity contribution in [1.29, 1.82) is 0 Å². The number of sulfone groups is 1. The summed E-state index contributed by atoms with van der Waals surface area (Å²) in [7, 11) is -3.24. The molecule has 4 nitrogen and oxygen atoms in total. The van der Waals surface area contributed by atoms with Crippen LogP contribution < -0.4 is 5.32 Å². The highest BCUT2D eigenvalue weighted by Crippen LogP contribution is 2.16. The van der Waals surface area contributed by atoms with Crippen LogP contribution in [-0.2, 0) is 9.84 Å². The smallest absolute Gasteiger partial charge is 0.157 e. The van der Waals surface area contributed by atoms with E-state index in [1.807, 2.05) is 0 Å². The van der Waals surface area contributed by atoms with Crippen LogP contribution >= 0.6 is 0 Å². The number of nitrogens with one attached hydrogen (secondary N) is 1. The van der Waals surface area contributed by atoms with Gasteiger partial charge in [-0.25, -0.2) is 8.42 Å². The zero-order valence-electron chi connectivity index (χ0n) is 10.9. The van der Waals surface area contributed by atoms with E-state index in [1.165, 1.54) is 0 Å². The standard InChI is InChI=1S/C11H25NO3S/c1-9(2)6-12-7-10(13)8-16(14,15)11(3,4)5/h9-10,12-13H,6-8H2,1-5H3. The number of aliphatic hydroxyl groups is 1. The van der Waals surface area contributed by atoms with Crippen LogP contribution in [-0.4, -0.2) is 43.2 Å². The van der Waals surface area contributed by atoms with Crippen molar-refractivity contribution in [2.75, 3.05) is 18.8 Å². The molecular formula is C11H25NO3S. The first-order valence-corrected chi connectivity index (χ1v) is 7.32. The fourth-order valence-electron chi connectivity index (χ4n) is 1.10. The Morgan fingerprint density at radius 2 is 1.69 bits per heavy atom. The summed E-state index contributed by atoms with van der Waals surface area (Å²) < 4.78 is 22.7. The Kier molecular flexibility index (Phi) is 5.93. The number of rotatable bonds is 6. The van der Waals surface area contributed by atoms with E-state index in [0.29, 0.717) is 12.5 Å². The van der Waals surface area contributed by atoms with Crippen LogP contribution in [0, 0.1) is 5.92 Å². The average Bonchev–Trinajstić information content (AvgIpc) is 1.99. The third-order valence-electron chi connectivity index (χ3n) is 2.28. The molecule has 0 aliphatic carbocycles. The molecule has 0 aromatic rings. The van der Waals surface area contributed by atoms with Crippen molar-refractivity contribution < 1.29 is 13.5 Å². The van der Waals surface area contributed by atoms with Crippen LogP contribution in [0.25, 0.3) is 0 Å². The molecule has 98 valence electrons. The Bertz CT molecular complexity index is 291. The van der Waals surface area contributed by atoms with Crippen molar-refractivity contribution in [3.8, 4) is 0 Å². The Hall–Kier alpha value is -0.130. The molecule has 0 heterocycles. The minimum absolute atomic E-state index is 0.179. The van der Waals surface area contributed by atoms with Crippen LogP contribution in [0.2, 0.25) is 0 Å². The maximum Gasteiger partial charge on any atom is 0.157 e. The van der Waals surface area contributed by atoms with Gasteiger partial charge in [-0.15, -0.1) is 0 Å². The molecular weight excluding hydrogens is 226 g/mol. The summed E-state index contributed by atoms with van der Waals surface area (Å²) in [5, 5.41) is 12.7. The fourth-order valence-corrected chi connectivity index (χ4v) is 2.23. The molecule has 0 aromatic carbocycles. The third-order valence-corrected chi connectivity index (χ3v) is 4.97. The largest absolute Gasteiger partial charge is 0.391 e. The summed E-state index contributed by atoms with van der Waals surface area (Å²) in [6, 6.07) is 0. The second-order valence-corrected chi connectivity index (χ2v) is 8.39.